The Bertz CT molecular complexity index is 1100. The minimum Gasteiger partial charge on any atom is -0.339 e. The number of aromatic amines is 1. The Balaban J connectivity index is 1.22. The van der Waals surface area contributed by atoms with Crippen molar-refractivity contribution in [2.24, 2.45) is 5.92 Å². The number of piperazine rings is 1. The van der Waals surface area contributed by atoms with Crippen LogP contribution in [0, 0.1) is 5.92 Å². The minimum atomic E-state index is -4.78. The maximum Gasteiger partial charge on any atom is 0.421 e. The van der Waals surface area contributed by atoms with Gasteiger partial charge >= 0.3 is 12.4 Å². The second-order valence-electron chi connectivity index (χ2n) is 8.43. The number of carbonyl (C=O) groups excluding carboxylic acids is 1. The lowest BCUT2D eigenvalue weighted by atomic mass is 9.79. The highest BCUT2D eigenvalue weighted by Gasteiger charge is 2.38. The molecule has 0 atom stereocenters. The van der Waals surface area contributed by atoms with E-state index in [4.69, 9.17) is 0 Å². The summed E-state index contributed by atoms with van der Waals surface area (Å²) in [5, 5.41) is 8.49. The van der Waals surface area contributed by atoms with Crippen LogP contribution in [0.1, 0.15) is 29.7 Å². The van der Waals surface area contributed by atoms with E-state index in [9.17, 15) is 35.9 Å². The second-order valence-corrected chi connectivity index (χ2v) is 8.43. The zero-order valence-corrected chi connectivity index (χ0v) is 18.2. The Labute approximate surface area is 194 Å². The standard InChI is InChI=1S/C20H21F6N7O2/c21-19(22,23)12-8-28-18(29-9-12)33-3-1-32(2-4-33)17(35)11-5-13(6-11)27-10-14-7-15(20(24,25)26)16(34)31-30-14/h7-9,11,13,27H,1-6,10H2,(H,31,34). The zero-order chi connectivity index (χ0) is 25.4. The highest BCUT2D eigenvalue weighted by molar-refractivity contribution is 5.80. The van der Waals surface area contributed by atoms with E-state index in [0.29, 0.717) is 45.1 Å². The van der Waals surface area contributed by atoms with Gasteiger partial charge in [-0.25, -0.2) is 15.1 Å². The van der Waals surface area contributed by atoms with Crippen LogP contribution in [0.3, 0.4) is 0 Å². The highest BCUT2D eigenvalue weighted by Crippen LogP contribution is 2.31. The predicted octanol–water partition coefficient (Wildman–Crippen LogP) is 1.81. The van der Waals surface area contributed by atoms with Gasteiger partial charge in [0.05, 0.1) is 11.3 Å². The van der Waals surface area contributed by atoms with Gasteiger partial charge in [-0.15, -0.1) is 0 Å². The number of amides is 1. The molecule has 2 aliphatic rings. The van der Waals surface area contributed by atoms with Crippen molar-refractivity contribution in [1.29, 1.82) is 0 Å². The van der Waals surface area contributed by atoms with Gasteiger partial charge in [-0.2, -0.15) is 31.4 Å². The molecule has 1 amide bonds. The Morgan fingerprint density at radius 2 is 1.66 bits per heavy atom. The number of hydrogen-bond donors (Lipinski definition) is 2. The molecule has 35 heavy (non-hydrogen) atoms. The number of nitrogens with one attached hydrogen (secondary N) is 2. The number of anilines is 1. The summed E-state index contributed by atoms with van der Waals surface area (Å²) in [5.41, 5.74) is -3.51. The summed E-state index contributed by atoms with van der Waals surface area (Å²) in [6.07, 6.45) is -6.81. The lowest BCUT2D eigenvalue weighted by Gasteiger charge is -2.41. The van der Waals surface area contributed by atoms with E-state index in [2.05, 4.69) is 20.4 Å². The van der Waals surface area contributed by atoms with E-state index in [1.807, 2.05) is 5.10 Å². The van der Waals surface area contributed by atoms with Crippen molar-refractivity contribution in [1.82, 2.24) is 30.4 Å². The van der Waals surface area contributed by atoms with Gasteiger partial charge in [-0.3, -0.25) is 9.59 Å². The highest BCUT2D eigenvalue weighted by atomic mass is 19.4. The van der Waals surface area contributed by atoms with Crippen molar-refractivity contribution in [2.75, 3.05) is 31.1 Å². The maximum atomic E-state index is 12.8. The normalized spacial score (nSPS) is 21.1. The van der Waals surface area contributed by atoms with E-state index < -0.39 is 29.0 Å². The van der Waals surface area contributed by atoms with E-state index in [1.54, 1.807) is 9.80 Å². The molecule has 1 saturated carbocycles. The Hall–Kier alpha value is -3.23. The third kappa shape index (κ3) is 5.71. The molecule has 2 N–H and O–H groups in total. The van der Waals surface area contributed by atoms with Crippen LogP contribution in [-0.4, -0.2) is 63.2 Å². The minimum absolute atomic E-state index is 0.0112. The van der Waals surface area contributed by atoms with E-state index in [1.165, 1.54) is 0 Å². The second kappa shape index (κ2) is 9.43. The van der Waals surface area contributed by atoms with Gasteiger partial charge in [0.2, 0.25) is 11.9 Å². The molecule has 0 radical (unpaired) electrons. The van der Waals surface area contributed by atoms with E-state index in [0.717, 1.165) is 12.4 Å². The first-order valence-electron chi connectivity index (χ1n) is 10.7. The van der Waals surface area contributed by atoms with Gasteiger partial charge in [-0.05, 0) is 18.9 Å². The fraction of sp³-hybridized carbons (Fsp3) is 0.550. The summed E-state index contributed by atoms with van der Waals surface area (Å²) in [5.74, 6) is -0.101. The first-order valence-corrected chi connectivity index (χ1v) is 10.7. The van der Waals surface area contributed by atoms with Gasteiger partial charge in [0.15, 0.2) is 0 Å². The average molecular weight is 505 g/mol. The SMILES string of the molecule is O=C(C1CC(NCc2cc(C(F)(F)F)c(=O)[nH]n2)C1)N1CCN(c2ncc(C(F)(F)F)cn2)CC1. The Morgan fingerprint density at radius 1 is 1.03 bits per heavy atom. The lowest BCUT2D eigenvalue weighted by Crippen LogP contribution is -2.54. The molecule has 1 aliphatic heterocycles. The van der Waals surface area contributed by atoms with Crippen molar-refractivity contribution in [3.8, 4) is 0 Å². The molecular formula is C20H21F6N7O2. The summed E-state index contributed by atoms with van der Waals surface area (Å²) in [6, 6.07) is 0.626. The molecule has 2 aromatic heterocycles. The molecule has 0 bridgehead atoms. The number of nitrogens with zero attached hydrogens (tertiary/aromatic N) is 5. The van der Waals surface area contributed by atoms with Crippen LogP contribution in [0.5, 0.6) is 0 Å². The Morgan fingerprint density at radius 3 is 2.23 bits per heavy atom. The topological polar surface area (TPSA) is 107 Å². The number of halogens is 6. The van der Waals surface area contributed by atoms with Crippen molar-refractivity contribution >= 4 is 11.9 Å². The smallest absolute Gasteiger partial charge is 0.339 e. The molecule has 2 fully saturated rings. The van der Waals surface area contributed by atoms with Crippen LogP contribution in [0.15, 0.2) is 23.3 Å². The van der Waals surface area contributed by atoms with Crippen LogP contribution >= 0.6 is 0 Å². The first-order chi connectivity index (χ1) is 16.4. The zero-order valence-electron chi connectivity index (χ0n) is 18.2. The van der Waals surface area contributed by atoms with Crippen molar-refractivity contribution in [2.45, 2.75) is 37.8 Å². The monoisotopic (exact) mass is 505 g/mol. The molecule has 9 nitrogen and oxygen atoms in total. The number of rotatable bonds is 5. The molecule has 1 saturated heterocycles. The van der Waals surface area contributed by atoms with Crippen LogP contribution in [0.4, 0.5) is 32.3 Å². The third-order valence-corrected chi connectivity index (χ3v) is 6.06. The number of H-pyrrole nitrogens is 1. The summed E-state index contributed by atoms with van der Waals surface area (Å²) >= 11 is 0. The van der Waals surface area contributed by atoms with E-state index >= 15 is 0 Å². The number of hydrogen-bond acceptors (Lipinski definition) is 7. The molecule has 3 heterocycles. The van der Waals surface area contributed by atoms with Crippen LogP contribution < -0.4 is 15.8 Å². The first kappa shape index (κ1) is 24.9. The summed E-state index contributed by atoms with van der Waals surface area (Å²) < 4.78 is 76.5. The van der Waals surface area contributed by atoms with Crippen molar-refractivity contribution < 1.29 is 31.1 Å². The van der Waals surface area contributed by atoms with Crippen molar-refractivity contribution in [3.05, 3.63) is 45.6 Å². The molecule has 0 aromatic carbocycles. The van der Waals surface area contributed by atoms with Crippen molar-refractivity contribution in [3.63, 3.8) is 0 Å². The van der Waals surface area contributed by atoms with Crippen LogP contribution in [0.25, 0.3) is 0 Å². The summed E-state index contributed by atoms with van der Waals surface area (Å²) in [7, 11) is 0. The van der Waals surface area contributed by atoms with Gasteiger partial charge in [0.1, 0.15) is 5.56 Å². The predicted molar refractivity (Wildman–Crippen MR) is 109 cm³/mol. The molecule has 0 unspecified atom stereocenters. The number of carbonyl (C=O) groups is 1. The number of aromatic nitrogens is 4. The quantitative estimate of drug-likeness (QED) is 0.597. The summed E-state index contributed by atoms with van der Waals surface area (Å²) in [4.78, 5) is 35.0. The Kier molecular flexibility index (Phi) is 6.71. The fourth-order valence-electron chi connectivity index (χ4n) is 4.00. The lowest BCUT2D eigenvalue weighted by molar-refractivity contribution is -0.140. The maximum absolute atomic E-state index is 12.8. The average Bonchev–Trinajstić information content (AvgIpc) is 2.77. The molecule has 15 heteroatoms. The molecule has 0 spiro atoms. The molecule has 4 rings (SSSR count). The largest absolute Gasteiger partial charge is 0.421 e. The molecule has 190 valence electrons. The van der Waals surface area contributed by atoms with Gasteiger partial charge in [0.25, 0.3) is 5.56 Å². The molecular weight excluding hydrogens is 484 g/mol. The molecule has 1 aliphatic carbocycles. The van der Waals surface area contributed by atoms with Gasteiger partial charge in [0, 0.05) is 57.1 Å². The number of alkyl halides is 6. The van der Waals surface area contributed by atoms with E-state index in [-0.39, 0.29) is 36.1 Å². The van der Waals surface area contributed by atoms with Crippen LogP contribution in [-0.2, 0) is 23.7 Å². The van der Waals surface area contributed by atoms with Gasteiger partial charge < -0.3 is 15.1 Å². The van der Waals surface area contributed by atoms with Crippen LogP contribution in [0.2, 0.25) is 0 Å². The third-order valence-electron chi connectivity index (χ3n) is 6.06. The fourth-order valence-corrected chi connectivity index (χ4v) is 4.00. The molecule has 2 aromatic rings. The van der Waals surface area contributed by atoms with Gasteiger partial charge in [-0.1, -0.05) is 0 Å². The summed E-state index contributed by atoms with van der Waals surface area (Å²) in [6.45, 7) is 1.52.